The molecule has 0 radical (unpaired) electrons. The predicted octanol–water partition coefficient (Wildman–Crippen LogP) is 4.68. The quantitative estimate of drug-likeness (QED) is 0.147. The van der Waals surface area contributed by atoms with E-state index < -0.39 is 59.1 Å². The maximum Gasteiger partial charge on any atom is 0.408 e. The number of alkyl carbamates (subject to hydrolysis) is 1. The lowest BCUT2D eigenvalue weighted by molar-refractivity contribution is -0.159. The number of nitrogens with two attached hydrogens (primary N) is 1. The number of unbranched alkanes of at least 4 members (excludes halogenated alkanes) is 2. The molecule has 3 atom stereocenters. The number of primary amides is 1. The minimum absolute atomic E-state index is 0.0826. The summed E-state index contributed by atoms with van der Waals surface area (Å²) in [5, 5.41) is 15.8. The molecule has 4 amide bonds. The molecule has 2 aromatic carbocycles. The third-order valence-electron chi connectivity index (χ3n) is 6.99. The summed E-state index contributed by atoms with van der Waals surface area (Å²) >= 11 is 0. The van der Waals surface area contributed by atoms with Gasteiger partial charge in [0.1, 0.15) is 35.1 Å². The number of benzene rings is 2. The predicted molar refractivity (Wildman–Crippen MR) is 182 cm³/mol. The van der Waals surface area contributed by atoms with Crippen molar-refractivity contribution < 1.29 is 38.6 Å². The van der Waals surface area contributed by atoms with Crippen molar-refractivity contribution in [2.24, 2.45) is 5.73 Å². The van der Waals surface area contributed by atoms with Crippen molar-refractivity contribution in [3.63, 3.8) is 0 Å². The van der Waals surface area contributed by atoms with Crippen LogP contribution in [0, 0.1) is 0 Å². The molecule has 0 fully saturated rings. The van der Waals surface area contributed by atoms with Crippen LogP contribution in [0.3, 0.4) is 0 Å². The lowest BCUT2D eigenvalue weighted by Crippen LogP contribution is -2.55. The maximum atomic E-state index is 14.4. The average Bonchev–Trinajstić information content (AvgIpc) is 2.96. The lowest BCUT2D eigenvalue weighted by atomic mass is 9.99. The number of carbonyl (C=O) groups is 5. The summed E-state index contributed by atoms with van der Waals surface area (Å²) in [6, 6.07) is 11.3. The van der Waals surface area contributed by atoms with E-state index in [4.69, 9.17) is 15.2 Å². The van der Waals surface area contributed by atoms with Crippen LogP contribution in [0.25, 0.3) is 0 Å². The molecule has 12 nitrogen and oxygen atoms in total. The standard InChI is InChI=1S/C36H52N4O8/c1-8-9-13-21-40(32(44)27(19-20-29(37)42)39-34(46)48-36(5,6)7)30(25-17-14-18-26(41)23-25)31(43)38-28(33(45)47-35(2,3)4)22-24-15-11-10-12-16-24/h10-12,14-18,23,27-28,30,41H,8-9,13,19-22H2,1-7H3,(H2,37,42)(H,38,43)(H,39,46). The van der Waals surface area contributed by atoms with Crippen LogP contribution in [-0.4, -0.2) is 69.6 Å². The van der Waals surface area contributed by atoms with Crippen LogP contribution in [0.4, 0.5) is 4.79 Å². The summed E-state index contributed by atoms with van der Waals surface area (Å²) < 4.78 is 11.0. The van der Waals surface area contributed by atoms with Crippen molar-refractivity contribution >= 4 is 29.8 Å². The van der Waals surface area contributed by atoms with Crippen molar-refractivity contribution in [2.75, 3.05) is 6.54 Å². The molecule has 0 aliphatic heterocycles. The fourth-order valence-corrected chi connectivity index (χ4v) is 4.93. The first-order valence-electron chi connectivity index (χ1n) is 16.3. The van der Waals surface area contributed by atoms with E-state index in [1.165, 1.54) is 17.0 Å². The SMILES string of the molecule is CCCCCN(C(=O)C(CCC(N)=O)NC(=O)OC(C)(C)C)C(C(=O)NC(Cc1ccccc1)C(=O)OC(C)(C)C)c1cccc(O)c1. The zero-order valence-corrected chi connectivity index (χ0v) is 29.2. The third-order valence-corrected chi connectivity index (χ3v) is 6.99. The highest BCUT2D eigenvalue weighted by Crippen LogP contribution is 2.27. The number of ether oxygens (including phenoxy) is 2. The number of nitrogens with zero attached hydrogens (tertiary/aromatic N) is 1. The van der Waals surface area contributed by atoms with Gasteiger partial charge in [0.25, 0.3) is 0 Å². The summed E-state index contributed by atoms with van der Waals surface area (Å²) in [6.07, 6.45) is 0.877. The summed E-state index contributed by atoms with van der Waals surface area (Å²) in [7, 11) is 0. The summed E-state index contributed by atoms with van der Waals surface area (Å²) in [5.41, 5.74) is 4.73. The second-order valence-corrected chi connectivity index (χ2v) is 13.7. The highest BCUT2D eigenvalue weighted by atomic mass is 16.6. The van der Waals surface area contributed by atoms with Gasteiger partial charge >= 0.3 is 12.1 Å². The van der Waals surface area contributed by atoms with Gasteiger partial charge in [0.2, 0.25) is 17.7 Å². The molecule has 3 unspecified atom stereocenters. The minimum Gasteiger partial charge on any atom is -0.508 e. The highest BCUT2D eigenvalue weighted by molar-refractivity contribution is 5.94. The van der Waals surface area contributed by atoms with Crippen molar-refractivity contribution in [2.45, 2.75) is 116 Å². The topological polar surface area (TPSA) is 177 Å². The molecule has 0 aromatic heterocycles. The number of rotatable bonds is 16. The first-order chi connectivity index (χ1) is 22.4. The van der Waals surface area contributed by atoms with E-state index in [0.717, 1.165) is 18.4 Å². The van der Waals surface area contributed by atoms with Crippen LogP contribution in [0.15, 0.2) is 54.6 Å². The number of hydrogen-bond acceptors (Lipinski definition) is 8. The van der Waals surface area contributed by atoms with E-state index in [-0.39, 0.29) is 37.1 Å². The normalized spacial score (nSPS) is 13.4. The Kier molecular flexibility index (Phi) is 14.9. The average molecular weight is 669 g/mol. The molecule has 2 aromatic rings. The summed E-state index contributed by atoms with van der Waals surface area (Å²) in [5.74, 6) is -2.86. The number of carbonyl (C=O) groups excluding carboxylic acids is 5. The Bertz CT molecular complexity index is 1380. The van der Waals surface area contributed by atoms with Crippen LogP contribution in [0.2, 0.25) is 0 Å². The Morgan fingerprint density at radius 2 is 1.50 bits per heavy atom. The van der Waals surface area contributed by atoms with Gasteiger partial charge in [-0.05, 0) is 77.6 Å². The molecule has 0 bridgehead atoms. The molecule has 2 rings (SSSR count). The Balaban J connectivity index is 2.63. The van der Waals surface area contributed by atoms with E-state index in [1.807, 2.05) is 37.3 Å². The number of nitrogens with one attached hydrogen (secondary N) is 2. The first kappa shape index (κ1) is 39.6. The van der Waals surface area contributed by atoms with Gasteiger partial charge in [0, 0.05) is 19.4 Å². The van der Waals surface area contributed by atoms with Crippen molar-refractivity contribution in [3.8, 4) is 5.75 Å². The molecule has 0 aliphatic carbocycles. The fraction of sp³-hybridized carbons (Fsp3) is 0.528. The van der Waals surface area contributed by atoms with Gasteiger partial charge in [-0.1, -0.05) is 62.2 Å². The fourth-order valence-electron chi connectivity index (χ4n) is 4.93. The van der Waals surface area contributed by atoms with Crippen LogP contribution in [0.5, 0.6) is 5.75 Å². The van der Waals surface area contributed by atoms with Gasteiger partial charge < -0.3 is 35.8 Å². The zero-order chi connectivity index (χ0) is 36.1. The molecule has 0 aliphatic rings. The van der Waals surface area contributed by atoms with Gasteiger partial charge in [-0.2, -0.15) is 0 Å². The van der Waals surface area contributed by atoms with Crippen LogP contribution in [-0.2, 0) is 35.1 Å². The Hall–Kier alpha value is -4.61. The molecule has 12 heteroatoms. The second kappa shape index (κ2) is 18.1. The van der Waals surface area contributed by atoms with Gasteiger partial charge in [0.05, 0.1) is 0 Å². The van der Waals surface area contributed by atoms with Crippen molar-refractivity contribution in [1.82, 2.24) is 15.5 Å². The number of amides is 4. The maximum absolute atomic E-state index is 14.4. The summed E-state index contributed by atoms with van der Waals surface area (Å²) in [6.45, 7) is 12.2. The largest absolute Gasteiger partial charge is 0.508 e. The number of hydrogen-bond donors (Lipinski definition) is 4. The number of aromatic hydroxyl groups is 1. The number of phenolic OH excluding ortho intramolecular Hbond substituents is 1. The molecule has 0 saturated heterocycles. The molecular weight excluding hydrogens is 616 g/mol. The van der Waals surface area contributed by atoms with E-state index in [1.54, 1.807) is 53.7 Å². The molecule has 0 spiro atoms. The highest BCUT2D eigenvalue weighted by Gasteiger charge is 2.38. The van der Waals surface area contributed by atoms with Gasteiger partial charge in [0.15, 0.2) is 0 Å². The van der Waals surface area contributed by atoms with E-state index in [9.17, 15) is 29.1 Å². The van der Waals surface area contributed by atoms with Gasteiger partial charge in [-0.15, -0.1) is 0 Å². The zero-order valence-electron chi connectivity index (χ0n) is 29.2. The number of esters is 1. The minimum atomic E-state index is -1.35. The van der Waals surface area contributed by atoms with Crippen molar-refractivity contribution in [1.29, 1.82) is 0 Å². The summed E-state index contributed by atoms with van der Waals surface area (Å²) in [4.78, 5) is 68.2. The molecule has 264 valence electrons. The van der Waals surface area contributed by atoms with Crippen LogP contribution >= 0.6 is 0 Å². The second-order valence-electron chi connectivity index (χ2n) is 13.7. The number of phenols is 1. The van der Waals surface area contributed by atoms with Gasteiger partial charge in [-0.3, -0.25) is 14.4 Å². The lowest BCUT2D eigenvalue weighted by Gasteiger charge is -2.35. The van der Waals surface area contributed by atoms with Crippen LogP contribution in [0.1, 0.15) is 97.7 Å². The molecule has 48 heavy (non-hydrogen) atoms. The molecule has 0 saturated carbocycles. The Morgan fingerprint density at radius 3 is 2.06 bits per heavy atom. The third kappa shape index (κ3) is 14.0. The van der Waals surface area contributed by atoms with E-state index >= 15 is 0 Å². The Morgan fingerprint density at radius 1 is 0.854 bits per heavy atom. The van der Waals surface area contributed by atoms with E-state index in [2.05, 4.69) is 10.6 Å². The first-order valence-corrected chi connectivity index (χ1v) is 16.3. The monoisotopic (exact) mass is 668 g/mol. The molecule has 5 N–H and O–H groups in total. The molecule has 0 heterocycles. The van der Waals surface area contributed by atoms with E-state index in [0.29, 0.717) is 6.42 Å². The van der Waals surface area contributed by atoms with Gasteiger partial charge in [-0.25, -0.2) is 9.59 Å². The molecular formula is C36H52N4O8. The van der Waals surface area contributed by atoms with Crippen LogP contribution < -0.4 is 16.4 Å². The Labute approximate surface area is 283 Å². The smallest absolute Gasteiger partial charge is 0.408 e. The van der Waals surface area contributed by atoms with Crippen molar-refractivity contribution in [3.05, 3.63) is 65.7 Å².